The van der Waals surface area contributed by atoms with Crippen LogP contribution in [0.15, 0.2) is 150 Å². The Morgan fingerprint density at radius 2 is 1.08 bits per heavy atom. The van der Waals surface area contributed by atoms with E-state index in [1.165, 1.54) is 10.4 Å². The van der Waals surface area contributed by atoms with E-state index >= 15 is 0 Å². The van der Waals surface area contributed by atoms with Crippen molar-refractivity contribution in [3.63, 3.8) is 0 Å². The number of anilines is 6. The molecule has 1 aromatic heterocycles. The predicted octanol–water partition coefficient (Wildman–Crippen LogP) is 11.2. The Kier molecular flexibility index (Phi) is 6.66. The largest absolute Gasteiger partial charge is 0.454 e. The van der Waals surface area contributed by atoms with Crippen LogP contribution in [0.5, 0.6) is 11.5 Å². The average Bonchev–Trinajstić information content (AvgIpc) is 3.59. The number of nitrogens with zero attached hydrogens (tertiary/aromatic N) is 4. The second-order valence-corrected chi connectivity index (χ2v) is 18.3. The molecule has 3 heterocycles. The highest BCUT2D eigenvalue weighted by molar-refractivity contribution is 7.02. The quantitative estimate of drug-likeness (QED) is 0.171. The monoisotopic (exact) mass is 698 g/mol. The molecule has 7 aromatic carbocycles. The van der Waals surface area contributed by atoms with Crippen LogP contribution in [0.4, 0.5) is 34.1 Å². The summed E-state index contributed by atoms with van der Waals surface area (Å²) in [4.78, 5) is 4.50. The number of benzene rings is 7. The molecule has 0 atom stereocenters. The van der Waals surface area contributed by atoms with Crippen LogP contribution in [0.2, 0.25) is 13.1 Å². The van der Waals surface area contributed by atoms with Gasteiger partial charge in [0.25, 0.3) is 0 Å². The molecule has 0 fully saturated rings. The molecular formula is C46H30N4O2Si. The van der Waals surface area contributed by atoms with E-state index in [-0.39, 0.29) is 0 Å². The number of furan rings is 1. The lowest BCUT2D eigenvalue weighted by Gasteiger charge is -2.40. The minimum atomic E-state index is -2.01. The van der Waals surface area contributed by atoms with Crippen molar-refractivity contribution in [3.05, 3.63) is 157 Å². The summed E-state index contributed by atoms with van der Waals surface area (Å²) in [5.74, 6) is 1.45. The van der Waals surface area contributed by atoms with Gasteiger partial charge in [0.1, 0.15) is 13.7 Å². The summed E-state index contributed by atoms with van der Waals surface area (Å²) in [5, 5.41) is 25.4. The van der Waals surface area contributed by atoms with Gasteiger partial charge < -0.3 is 19.0 Å². The smallest absolute Gasteiger partial charge is 0.159 e. The Morgan fingerprint density at radius 3 is 1.68 bits per heavy atom. The van der Waals surface area contributed by atoms with Crippen LogP contribution in [-0.4, -0.2) is 8.07 Å². The Labute approximate surface area is 307 Å². The Morgan fingerprint density at radius 1 is 0.547 bits per heavy atom. The number of hydrogen-bond donors (Lipinski definition) is 0. The molecule has 0 bridgehead atoms. The fraction of sp³-hybridized carbons (Fsp3) is 0.0435. The zero-order chi connectivity index (χ0) is 35.8. The van der Waals surface area contributed by atoms with Crippen molar-refractivity contribution >= 4 is 74.5 Å². The number of rotatable bonds is 3. The molecule has 0 radical (unpaired) electrons. The minimum Gasteiger partial charge on any atom is -0.454 e. The first kappa shape index (κ1) is 30.7. The van der Waals surface area contributed by atoms with E-state index in [1.54, 1.807) is 18.2 Å². The first-order valence-electron chi connectivity index (χ1n) is 17.6. The van der Waals surface area contributed by atoms with Crippen LogP contribution in [0.25, 0.3) is 33.1 Å². The van der Waals surface area contributed by atoms with Crippen molar-refractivity contribution in [2.75, 3.05) is 9.80 Å². The number of ether oxygens (including phenoxy) is 1. The molecule has 0 unspecified atom stereocenters. The van der Waals surface area contributed by atoms with Gasteiger partial charge >= 0.3 is 0 Å². The fourth-order valence-corrected chi connectivity index (χ4v) is 11.3. The summed E-state index contributed by atoms with van der Waals surface area (Å²) in [7, 11) is -2.01. The SMILES string of the molecule is C[Si]1(C)c2ccccc2N(c2cccc3c2oc2cc(N4c5ccccc5Oc5ccccc54)cc(-c4c(C#N)cccc4C#N)c23)c2ccccc21. The summed E-state index contributed by atoms with van der Waals surface area (Å²) in [6.07, 6.45) is 0. The van der Waals surface area contributed by atoms with Gasteiger partial charge in [-0.2, -0.15) is 10.5 Å². The molecule has 10 rings (SSSR count). The molecule has 6 nitrogen and oxygen atoms in total. The first-order valence-corrected chi connectivity index (χ1v) is 20.6. The third kappa shape index (κ3) is 4.42. The maximum absolute atomic E-state index is 10.4. The zero-order valence-corrected chi connectivity index (χ0v) is 30.0. The van der Waals surface area contributed by atoms with E-state index in [4.69, 9.17) is 9.15 Å². The first-order chi connectivity index (χ1) is 26.0. The van der Waals surface area contributed by atoms with Crippen LogP contribution < -0.4 is 24.9 Å². The van der Waals surface area contributed by atoms with E-state index in [9.17, 15) is 10.5 Å². The molecule has 0 saturated carbocycles. The molecule has 0 saturated heterocycles. The molecule has 250 valence electrons. The lowest BCUT2D eigenvalue weighted by Crippen LogP contribution is -2.58. The molecular weight excluding hydrogens is 669 g/mol. The van der Waals surface area contributed by atoms with Crippen molar-refractivity contribution in [2.45, 2.75) is 13.1 Å². The van der Waals surface area contributed by atoms with Gasteiger partial charge in [0.2, 0.25) is 0 Å². The van der Waals surface area contributed by atoms with E-state index in [2.05, 4.69) is 114 Å². The van der Waals surface area contributed by atoms with Gasteiger partial charge in [-0.25, -0.2) is 0 Å². The third-order valence-electron chi connectivity index (χ3n) is 10.7. The molecule has 8 aromatic rings. The van der Waals surface area contributed by atoms with Gasteiger partial charge in [-0.3, -0.25) is 0 Å². The van der Waals surface area contributed by atoms with E-state index in [1.807, 2.05) is 48.5 Å². The fourth-order valence-electron chi connectivity index (χ4n) is 8.34. The van der Waals surface area contributed by atoms with E-state index < -0.39 is 8.07 Å². The van der Waals surface area contributed by atoms with Crippen LogP contribution in [0.1, 0.15) is 11.1 Å². The van der Waals surface area contributed by atoms with Gasteiger partial charge in [-0.15, -0.1) is 0 Å². The second kappa shape index (κ2) is 11.5. The third-order valence-corrected chi connectivity index (χ3v) is 14.2. The number of fused-ring (bicyclic) bond motifs is 7. The van der Waals surface area contributed by atoms with Crippen molar-refractivity contribution in [2.24, 2.45) is 0 Å². The highest BCUT2D eigenvalue weighted by atomic mass is 28.3. The number of nitriles is 2. The summed E-state index contributed by atoms with van der Waals surface area (Å²) in [5.41, 5.74) is 9.31. The Hall–Kier alpha value is -7.06. The summed E-state index contributed by atoms with van der Waals surface area (Å²) in [6.45, 7) is 4.83. The minimum absolute atomic E-state index is 0.418. The second-order valence-electron chi connectivity index (χ2n) is 13.9. The van der Waals surface area contributed by atoms with Gasteiger partial charge in [-0.05, 0) is 76.6 Å². The Balaban J connectivity index is 1.31. The number of hydrogen-bond acceptors (Lipinski definition) is 6. The highest BCUT2D eigenvalue weighted by Crippen LogP contribution is 2.53. The molecule has 0 aliphatic carbocycles. The standard InChI is InChI=1S/C46H30N4O2Si/c1-53(2)42-23-9-5-18-36(42)50(37-19-6-10-24-43(37)53)38-20-12-15-32-45-33(44-29(27-47)13-11-14-30(44)28-48)25-31(26-41(45)52-46(32)38)49-34-16-3-7-21-39(34)51-40-22-8-4-17-35(40)49/h3-26H,1-2H3. The summed E-state index contributed by atoms with van der Waals surface area (Å²) >= 11 is 0. The van der Waals surface area contributed by atoms with Crippen molar-refractivity contribution in [1.29, 1.82) is 10.5 Å². The molecule has 53 heavy (non-hydrogen) atoms. The highest BCUT2D eigenvalue weighted by Gasteiger charge is 2.39. The van der Waals surface area contributed by atoms with Crippen LogP contribution in [0, 0.1) is 22.7 Å². The summed E-state index contributed by atoms with van der Waals surface area (Å²) < 4.78 is 13.4. The molecule has 0 amide bonds. The number of para-hydroxylation sites is 7. The van der Waals surface area contributed by atoms with Crippen LogP contribution >= 0.6 is 0 Å². The molecule has 0 spiro atoms. The lowest BCUT2D eigenvalue weighted by molar-refractivity contribution is 0.477. The normalized spacial score (nSPS) is 13.7. The molecule has 2 aliphatic rings. The van der Waals surface area contributed by atoms with Gasteiger partial charge in [0.15, 0.2) is 17.1 Å². The van der Waals surface area contributed by atoms with E-state index in [0.29, 0.717) is 22.3 Å². The lowest BCUT2D eigenvalue weighted by atomic mass is 9.91. The van der Waals surface area contributed by atoms with Gasteiger partial charge in [-0.1, -0.05) is 92.0 Å². The maximum Gasteiger partial charge on any atom is 0.159 e. The predicted molar refractivity (Wildman–Crippen MR) is 215 cm³/mol. The van der Waals surface area contributed by atoms with Crippen LogP contribution in [0.3, 0.4) is 0 Å². The van der Waals surface area contributed by atoms with Gasteiger partial charge in [0, 0.05) is 33.8 Å². The topological polar surface area (TPSA) is 76.4 Å². The van der Waals surface area contributed by atoms with E-state index in [0.717, 1.165) is 67.5 Å². The van der Waals surface area contributed by atoms with Crippen molar-refractivity contribution in [1.82, 2.24) is 0 Å². The molecule has 7 heteroatoms. The average molecular weight is 699 g/mol. The molecule has 0 N–H and O–H groups in total. The Bertz CT molecular complexity index is 2790. The van der Waals surface area contributed by atoms with Gasteiger partial charge in [0.05, 0.1) is 46.0 Å². The summed E-state index contributed by atoms with van der Waals surface area (Å²) in [6, 6.07) is 53.8. The van der Waals surface area contributed by atoms with Crippen molar-refractivity contribution < 1.29 is 9.15 Å². The maximum atomic E-state index is 10.4. The molecule has 2 aliphatic heterocycles. The van der Waals surface area contributed by atoms with Crippen molar-refractivity contribution in [3.8, 4) is 34.8 Å². The van der Waals surface area contributed by atoms with Crippen LogP contribution in [-0.2, 0) is 0 Å². The zero-order valence-electron chi connectivity index (χ0n) is 29.0.